The predicted octanol–water partition coefficient (Wildman–Crippen LogP) is 3.64. The summed E-state index contributed by atoms with van der Waals surface area (Å²) in [7, 11) is 0. The number of fused-ring (bicyclic) bond motifs is 1. The fourth-order valence-electron chi connectivity index (χ4n) is 2.33. The lowest BCUT2D eigenvalue weighted by molar-refractivity contribution is 0.1000. The van der Waals surface area contributed by atoms with E-state index in [1.807, 2.05) is 6.07 Å². The number of amides is 1. The first-order chi connectivity index (χ1) is 11.5. The Morgan fingerprint density at radius 1 is 1.33 bits per heavy atom. The minimum Gasteiger partial charge on any atom is -0.505 e. The normalized spacial score (nSPS) is 11.2. The number of azo groups is 1. The van der Waals surface area contributed by atoms with E-state index in [1.54, 1.807) is 31.2 Å². The van der Waals surface area contributed by atoms with Gasteiger partial charge in [-0.05, 0) is 29.9 Å². The third kappa shape index (κ3) is 2.63. The molecule has 7 nitrogen and oxygen atoms in total. The van der Waals surface area contributed by atoms with Gasteiger partial charge in [-0.2, -0.15) is 4.37 Å². The molecule has 0 radical (unpaired) electrons. The molecule has 0 spiro atoms. The smallest absolute Gasteiger partial charge is 0.253 e. The van der Waals surface area contributed by atoms with Crippen LogP contribution in [-0.4, -0.2) is 21.7 Å². The highest BCUT2D eigenvalue weighted by molar-refractivity contribution is 7.10. The summed E-state index contributed by atoms with van der Waals surface area (Å²) in [5, 5.41) is 19.9. The van der Waals surface area contributed by atoms with E-state index < -0.39 is 5.91 Å². The lowest BCUT2D eigenvalue weighted by Gasteiger charge is -2.06. The first-order valence-electron chi connectivity index (χ1n) is 6.90. The van der Waals surface area contributed by atoms with Crippen molar-refractivity contribution in [2.45, 2.75) is 6.92 Å². The molecule has 0 atom stereocenters. The van der Waals surface area contributed by atoms with Crippen LogP contribution in [-0.2, 0) is 0 Å². The number of phenols is 1. The van der Waals surface area contributed by atoms with Gasteiger partial charge in [0.25, 0.3) is 5.91 Å². The molecule has 0 unspecified atom stereocenters. The van der Waals surface area contributed by atoms with Crippen molar-refractivity contribution in [3.8, 4) is 5.75 Å². The average Bonchev–Trinajstić information content (AvgIpc) is 2.94. The van der Waals surface area contributed by atoms with Crippen molar-refractivity contribution < 1.29 is 14.7 Å². The van der Waals surface area contributed by atoms with Crippen molar-refractivity contribution in [1.82, 2.24) is 4.37 Å². The number of aromatic nitrogens is 1. The summed E-state index contributed by atoms with van der Waals surface area (Å²) >= 11 is 0.983. The highest BCUT2D eigenvalue weighted by atomic mass is 32.1. The van der Waals surface area contributed by atoms with Crippen LogP contribution in [0.25, 0.3) is 10.8 Å². The second-order valence-electron chi connectivity index (χ2n) is 5.01. The van der Waals surface area contributed by atoms with Crippen LogP contribution in [0.1, 0.15) is 26.4 Å². The molecule has 3 N–H and O–H groups in total. The molecule has 0 bridgehead atoms. The molecule has 0 aliphatic carbocycles. The minimum atomic E-state index is -0.647. The monoisotopic (exact) mass is 340 g/mol. The van der Waals surface area contributed by atoms with E-state index in [0.29, 0.717) is 17.4 Å². The van der Waals surface area contributed by atoms with Crippen LogP contribution in [0, 0.1) is 6.92 Å². The Bertz CT molecular complexity index is 994. The maximum absolute atomic E-state index is 11.5. The molecule has 120 valence electrons. The second-order valence-corrected chi connectivity index (χ2v) is 5.77. The average molecular weight is 340 g/mol. The second kappa shape index (κ2) is 6.17. The van der Waals surface area contributed by atoms with Crippen molar-refractivity contribution in [2.75, 3.05) is 0 Å². The summed E-state index contributed by atoms with van der Waals surface area (Å²) in [6, 6.07) is 8.72. The van der Waals surface area contributed by atoms with Gasteiger partial charge in [0.2, 0.25) is 0 Å². The fourth-order valence-corrected chi connectivity index (χ4v) is 3.07. The highest BCUT2D eigenvalue weighted by Gasteiger charge is 2.17. The third-order valence-corrected chi connectivity index (χ3v) is 4.31. The van der Waals surface area contributed by atoms with Crippen molar-refractivity contribution >= 4 is 45.2 Å². The lowest BCUT2D eigenvalue weighted by atomic mass is 10.0. The predicted molar refractivity (Wildman–Crippen MR) is 90.5 cm³/mol. The van der Waals surface area contributed by atoms with Gasteiger partial charge in [0.1, 0.15) is 11.3 Å². The summed E-state index contributed by atoms with van der Waals surface area (Å²) in [5.74, 6) is -0.916. The Morgan fingerprint density at radius 2 is 2.08 bits per heavy atom. The van der Waals surface area contributed by atoms with E-state index >= 15 is 0 Å². The molecule has 2 aromatic carbocycles. The Morgan fingerprint density at radius 3 is 2.79 bits per heavy atom. The quantitative estimate of drug-likeness (QED) is 0.556. The van der Waals surface area contributed by atoms with Crippen LogP contribution in [0.2, 0.25) is 0 Å². The number of aryl methyl sites for hydroxylation is 1. The van der Waals surface area contributed by atoms with E-state index in [1.165, 1.54) is 0 Å². The van der Waals surface area contributed by atoms with Gasteiger partial charge < -0.3 is 10.8 Å². The zero-order valence-corrected chi connectivity index (χ0v) is 13.4. The van der Waals surface area contributed by atoms with Crippen LogP contribution in [0.15, 0.2) is 40.6 Å². The number of carbonyl (C=O) groups is 2. The van der Waals surface area contributed by atoms with Gasteiger partial charge in [-0.15, -0.1) is 10.2 Å². The molecule has 8 heteroatoms. The van der Waals surface area contributed by atoms with Crippen molar-refractivity contribution in [1.29, 1.82) is 0 Å². The summed E-state index contributed by atoms with van der Waals surface area (Å²) in [5.41, 5.74) is 6.25. The van der Waals surface area contributed by atoms with E-state index in [9.17, 15) is 14.7 Å². The molecule has 0 saturated carbocycles. The third-order valence-electron chi connectivity index (χ3n) is 3.48. The number of nitrogens with two attached hydrogens (primary N) is 1. The molecule has 1 amide bonds. The molecule has 1 heterocycles. The summed E-state index contributed by atoms with van der Waals surface area (Å²) in [6.07, 6.45) is 0.548. The maximum Gasteiger partial charge on any atom is 0.253 e. The number of hydrogen-bond donors (Lipinski definition) is 2. The first-order valence-corrected chi connectivity index (χ1v) is 7.68. The van der Waals surface area contributed by atoms with Crippen LogP contribution in [0.3, 0.4) is 0 Å². The van der Waals surface area contributed by atoms with Crippen LogP contribution < -0.4 is 5.73 Å². The Balaban J connectivity index is 2.18. The van der Waals surface area contributed by atoms with Crippen molar-refractivity contribution in [3.05, 3.63) is 47.2 Å². The van der Waals surface area contributed by atoms with Crippen LogP contribution in [0.4, 0.5) is 10.7 Å². The number of phenolic OH excluding ortho intramolecular Hbond substituents is 1. The molecule has 0 fully saturated rings. The van der Waals surface area contributed by atoms with Gasteiger partial charge >= 0.3 is 0 Å². The van der Waals surface area contributed by atoms with Crippen LogP contribution >= 0.6 is 11.5 Å². The number of carbonyl (C=O) groups excluding carboxylic acids is 2. The molecule has 3 rings (SSSR count). The fraction of sp³-hybridized carbons (Fsp3) is 0.0625. The number of aromatic hydroxyl groups is 1. The van der Waals surface area contributed by atoms with E-state index in [4.69, 9.17) is 5.73 Å². The summed E-state index contributed by atoms with van der Waals surface area (Å²) in [6.45, 7) is 1.65. The number of hydrogen-bond acceptors (Lipinski definition) is 7. The Hall–Kier alpha value is -3.13. The van der Waals surface area contributed by atoms with Gasteiger partial charge in [-0.25, -0.2) is 0 Å². The highest BCUT2D eigenvalue weighted by Crippen LogP contribution is 2.39. The number of nitrogens with zero attached hydrogens (tertiary/aromatic N) is 3. The lowest BCUT2D eigenvalue weighted by Crippen LogP contribution is -2.11. The van der Waals surface area contributed by atoms with Gasteiger partial charge in [-0.1, -0.05) is 24.3 Å². The SMILES string of the molecule is Cc1nsc(/N=N/c2c(O)c(C=O)cc3ccccc23)c1C(N)=O. The molecule has 1 aromatic heterocycles. The Kier molecular flexibility index (Phi) is 4.05. The van der Waals surface area contributed by atoms with Crippen molar-refractivity contribution in [2.24, 2.45) is 16.0 Å². The molecule has 0 saturated heterocycles. The largest absolute Gasteiger partial charge is 0.505 e. The standard InChI is InChI=1S/C16H12N4O3S/c1-8-12(15(17)23)16(24-20-8)19-18-13-11-5-3-2-4-9(11)6-10(7-21)14(13)22/h2-7,22H,1H3,(H2,17,23)/b19-18+. The Labute approximate surface area is 140 Å². The van der Waals surface area contributed by atoms with Crippen molar-refractivity contribution in [3.63, 3.8) is 0 Å². The van der Waals surface area contributed by atoms with Gasteiger partial charge in [0, 0.05) is 5.39 Å². The minimum absolute atomic E-state index is 0.109. The molecule has 0 aliphatic heterocycles. The van der Waals surface area contributed by atoms with Gasteiger partial charge in [0.05, 0.1) is 11.3 Å². The number of aldehydes is 1. The van der Waals surface area contributed by atoms with Crippen LogP contribution in [0.5, 0.6) is 5.75 Å². The molecule has 24 heavy (non-hydrogen) atoms. The number of primary amides is 1. The van der Waals surface area contributed by atoms with E-state index in [2.05, 4.69) is 14.6 Å². The zero-order valence-electron chi connectivity index (χ0n) is 12.6. The number of benzene rings is 2. The molecular formula is C16H12N4O3S. The maximum atomic E-state index is 11.5. The molecule has 0 aliphatic rings. The first kappa shape index (κ1) is 15.8. The molecular weight excluding hydrogens is 328 g/mol. The summed E-state index contributed by atoms with van der Waals surface area (Å²) < 4.78 is 4.04. The van der Waals surface area contributed by atoms with Gasteiger partial charge in [-0.3, -0.25) is 9.59 Å². The zero-order chi connectivity index (χ0) is 17.3. The van der Waals surface area contributed by atoms with E-state index in [-0.39, 0.29) is 27.6 Å². The topological polar surface area (TPSA) is 118 Å². The number of rotatable bonds is 4. The van der Waals surface area contributed by atoms with Gasteiger partial charge in [0.15, 0.2) is 17.0 Å². The van der Waals surface area contributed by atoms with E-state index in [0.717, 1.165) is 16.9 Å². The molecule has 3 aromatic rings. The summed E-state index contributed by atoms with van der Waals surface area (Å²) in [4.78, 5) is 22.6.